The van der Waals surface area contributed by atoms with Crippen LogP contribution >= 0.6 is 0 Å². The molecule has 0 spiro atoms. The molecule has 0 bridgehead atoms. The SMILES string of the molecule is O=C(O)C(F)(F)CC(F)(F)CC(F)(F)CC(F)F. The molecule has 0 unspecified atom stereocenters. The van der Waals surface area contributed by atoms with E-state index in [1.807, 2.05) is 0 Å². The molecule has 2 nitrogen and oxygen atoms in total. The molecule has 0 heterocycles. The van der Waals surface area contributed by atoms with Gasteiger partial charge in [0.05, 0.1) is 19.3 Å². The summed E-state index contributed by atoms with van der Waals surface area (Å²) < 4.78 is 98.7. The van der Waals surface area contributed by atoms with Crippen LogP contribution in [0.4, 0.5) is 35.1 Å². The zero-order chi connectivity index (χ0) is 14.8. The normalized spacial score (nSPS) is 14.1. The number of hydrogen-bond acceptors (Lipinski definition) is 1. The van der Waals surface area contributed by atoms with Crippen molar-refractivity contribution in [2.45, 2.75) is 43.5 Å². The molecule has 108 valence electrons. The van der Waals surface area contributed by atoms with Gasteiger partial charge in [-0.3, -0.25) is 0 Å². The fourth-order valence-electron chi connectivity index (χ4n) is 1.14. The number of carboxylic acid groups (broad SMARTS) is 1. The summed E-state index contributed by atoms with van der Waals surface area (Å²) in [5.41, 5.74) is 0. The molecule has 0 aromatic heterocycles. The van der Waals surface area contributed by atoms with E-state index in [4.69, 9.17) is 5.11 Å². The third kappa shape index (κ3) is 6.01. The minimum atomic E-state index is -4.91. The van der Waals surface area contributed by atoms with E-state index < -0.39 is 49.4 Å². The largest absolute Gasteiger partial charge is 0.477 e. The number of halogens is 8. The maximum Gasteiger partial charge on any atom is 0.374 e. The Hall–Kier alpha value is -1.09. The van der Waals surface area contributed by atoms with Gasteiger partial charge < -0.3 is 5.11 Å². The number of hydrogen-bond donors (Lipinski definition) is 1. The zero-order valence-electron chi connectivity index (χ0n) is 8.58. The topological polar surface area (TPSA) is 37.3 Å². The molecule has 0 atom stereocenters. The average molecular weight is 288 g/mol. The van der Waals surface area contributed by atoms with Gasteiger partial charge >= 0.3 is 11.9 Å². The van der Waals surface area contributed by atoms with Crippen molar-refractivity contribution < 1.29 is 45.0 Å². The second kappa shape index (κ2) is 5.27. The van der Waals surface area contributed by atoms with Gasteiger partial charge in [-0.25, -0.2) is 31.1 Å². The van der Waals surface area contributed by atoms with Crippen LogP contribution in [0.3, 0.4) is 0 Å². The van der Waals surface area contributed by atoms with Crippen molar-refractivity contribution in [3.05, 3.63) is 0 Å². The van der Waals surface area contributed by atoms with Crippen molar-refractivity contribution in [2.24, 2.45) is 0 Å². The molecule has 1 N–H and O–H groups in total. The first-order chi connectivity index (χ1) is 7.77. The number of carboxylic acids is 1. The number of carbonyl (C=O) groups is 1. The predicted molar refractivity (Wildman–Crippen MR) is 42.3 cm³/mol. The van der Waals surface area contributed by atoms with Gasteiger partial charge in [-0.2, -0.15) is 8.78 Å². The lowest BCUT2D eigenvalue weighted by atomic mass is 10.0. The Morgan fingerprint density at radius 2 is 1.39 bits per heavy atom. The van der Waals surface area contributed by atoms with Crippen molar-refractivity contribution >= 4 is 5.97 Å². The summed E-state index contributed by atoms with van der Waals surface area (Å²) in [7, 11) is 0. The summed E-state index contributed by atoms with van der Waals surface area (Å²) in [6.45, 7) is 0. The van der Waals surface area contributed by atoms with E-state index in [0.717, 1.165) is 0 Å². The highest BCUT2D eigenvalue weighted by molar-refractivity contribution is 5.75. The molecule has 0 aliphatic rings. The smallest absolute Gasteiger partial charge is 0.374 e. The first kappa shape index (κ1) is 16.9. The third-order valence-corrected chi connectivity index (χ3v) is 1.76. The molecule has 0 aliphatic heterocycles. The Balaban J connectivity index is 4.70. The van der Waals surface area contributed by atoms with Crippen LogP contribution in [0.25, 0.3) is 0 Å². The van der Waals surface area contributed by atoms with Gasteiger partial charge in [0.2, 0.25) is 6.43 Å². The van der Waals surface area contributed by atoms with Crippen molar-refractivity contribution in [3.63, 3.8) is 0 Å². The fraction of sp³-hybridized carbons (Fsp3) is 0.875. The number of aliphatic carboxylic acids is 1. The van der Waals surface area contributed by atoms with Crippen LogP contribution in [0.1, 0.15) is 19.3 Å². The lowest BCUT2D eigenvalue weighted by molar-refractivity contribution is -0.190. The Morgan fingerprint density at radius 1 is 0.944 bits per heavy atom. The highest BCUT2D eigenvalue weighted by Gasteiger charge is 2.53. The van der Waals surface area contributed by atoms with Crippen LogP contribution in [0.2, 0.25) is 0 Å². The Kier molecular flexibility index (Phi) is 4.95. The molecule has 10 heteroatoms. The quantitative estimate of drug-likeness (QED) is 0.729. The summed E-state index contributed by atoms with van der Waals surface area (Å²) in [4.78, 5) is 9.85. The van der Waals surface area contributed by atoms with E-state index in [0.29, 0.717) is 0 Å². The van der Waals surface area contributed by atoms with Crippen LogP contribution < -0.4 is 0 Å². The minimum Gasteiger partial charge on any atom is -0.477 e. The molecule has 0 rings (SSSR count). The second-order valence-electron chi connectivity index (χ2n) is 3.67. The highest BCUT2D eigenvalue weighted by Crippen LogP contribution is 2.40. The molecule has 0 aliphatic carbocycles. The first-order valence-corrected chi connectivity index (χ1v) is 4.42. The van der Waals surface area contributed by atoms with E-state index in [-0.39, 0.29) is 0 Å². The molecule has 0 fully saturated rings. The summed E-state index contributed by atoms with van der Waals surface area (Å²) in [6.07, 6.45) is -11.0. The van der Waals surface area contributed by atoms with Gasteiger partial charge in [-0.1, -0.05) is 0 Å². The third-order valence-electron chi connectivity index (χ3n) is 1.76. The highest BCUT2D eigenvalue weighted by atomic mass is 19.3. The van der Waals surface area contributed by atoms with E-state index in [9.17, 15) is 39.9 Å². The molecular formula is C8H8F8O2. The van der Waals surface area contributed by atoms with Crippen LogP contribution in [-0.2, 0) is 4.79 Å². The van der Waals surface area contributed by atoms with Crippen molar-refractivity contribution in [1.29, 1.82) is 0 Å². The maximum atomic E-state index is 12.8. The van der Waals surface area contributed by atoms with Crippen LogP contribution in [0.5, 0.6) is 0 Å². The molecule has 0 saturated carbocycles. The summed E-state index contributed by atoms with van der Waals surface area (Å²) in [6, 6.07) is 0. The van der Waals surface area contributed by atoms with Gasteiger partial charge in [0.15, 0.2) is 0 Å². The predicted octanol–water partition coefficient (Wildman–Crippen LogP) is 3.41. The van der Waals surface area contributed by atoms with Crippen LogP contribution in [-0.4, -0.2) is 35.3 Å². The molecule has 0 amide bonds. The Bertz CT molecular complexity index is 301. The zero-order valence-corrected chi connectivity index (χ0v) is 8.58. The minimum absolute atomic E-state index is 2.21. The van der Waals surface area contributed by atoms with Gasteiger partial charge in [0.1, 0.15) is 0 Å². The monoisotopic (exact) mass is 288 g/mol. The average Bonchev–Trinajstić information content (AvgIpc) is 1.94. The molecular weight excluding hydrogens is 280 g/mol. The van der Waals surface area contributed by atoms with Gasteiger partial charge in [-0.05, 0) is 0 Å². The van der Waals surface area contributed by atoms with E-state index >= 15 is 0 Å². The first-order valence-electron chi connectivity index (χ1n) is 4.42. The van der Waals surface area contributed by atoms with Gasteiger partial charge in [0, 0.05) is 0 Å². The van der Waals surface area contributed by atoms with Crippen molar-refractivity contribution in [2.75, 3.05) is 0 Å². The van der Waals surface area contributed by atoms with Crippen molar-refractivity contribution in [3.8, 4) is 0 Å². The van der Waals surface area contributed by atoms with E-state index in [1.165, 1.54) is 0 Å². The molecule has 0 aromatic carbocycles. The van der Waals surface area contributed by atoms with Gasteiger partial charge in [0.25, 0.3) is 11.8 Å². The lowest BCUT2D eigenvalue weighted by Gasteiger charge is -2.24. The lowest BCUT2D eigenvalue weighted by Crippen LogP contribution is -2.39. The molecule has 0 aromatic rings. The van der Waals surface area contributed by atoms with Crippen molar-refractivity contribution in [1.82, 2.24) is 0 Å². The molecule has 18 heavy (non-hydrogen) atoms. The summed E-state index contributed by atoms with van der Waals surface area (Å²) in [5, 5.41) is 7.86. The van der Waals surface area contributed by atoms with E-state index in [1.54, 1.807) is 0 Å². The Morgan fingerprint density at radius 3 is 1.72 bits per heavy atom. The van der Waals surface area contributed by atoms with E-state index in [2.05, 4.69) is 0 Å². The second-order valence-corrected chi connectivity index (χ2v) is 3.67. The van der Waals surface area contributed by atoms with Gasteiger partial charge in [-0.15, -0.1) is 0 Å². The number of rotatable bonds is 7. The van der Waals surface area contributed by atoms with Crippen LogP contribution in [0, 0.1) is 0 Å². The fourth-order valence-corrected chi connectivity index (χ4v) is 1.14. The summed E-state index contributed by atoms with van der Waals surface area (Å²) in [5.74, 6) is -17.2. The van der Waals surface area contributed by atoms with Crippen LogP contribution in [0.15, 0.2) is 0 Å². The number of alkyl halides is 8. The standard InChI is InChI=1S/C8H8F8O2/c9-4(10)1-6(11,12)2-7(13,14)3-8(15,16)5(17)18/h4H,1-3H2,(H,17,18). The molecule has 0 radical (unpaired) electrons. The molecule has 0 saturated heterocycles. The maximum absolute atomic E-state index is 12.8. The summed E-state index contributed by atoms with van der Waals surface area (Å²) >= 11 is 0. The Labute approximate surface area is 95.6 Å².